The summed E-state index contributed by atoms with van der Waals surface area (Å²) in [5.74, 6) is -0.562. The number of rotatable bonds is 10. The summed E-state index contributed by atoms with van der Waals surface area (Å²) in [6.07, 6.45) is 1.70. The Bertz CT molecular complexity index is 4730. The van der Waals surface area contributed by atoms with Crippen molar-refractivity contribution in [1.82, 2.24) is 9.55 Å². The third-order valence-electron chi connectivity index (χ3n) is 16.0. The van der Waals surface area contributed by atoms with Gasteiger partial charge in [-0.1, -0.05) is 211 Å². The van der Waals surface area contributed by atoms with Crippen LogP contribution in [0.1, 0.15) is 148 Å². The van der Waals surface area contributed by atoms with Crippen molar-refractivity contribution in [2.24, 2.45) is 5.92 Å². The van der Waals surface area contributed by atoms with Crippen LogP contribution < -0.4 is 14.5 Å². The number of anilines is 4. The molecule has 1 aliphatic heterocycles. The molecule has 5 nitrogen and oxygen atoms in total. The van der Waals surface area contributed by atoms with Crippen LogP contribution in [0.4, 0.5) is 22.7 Å². The normalized spacial score (nSPS) is 17.6. The van der Waals surface area contributed by atoms with Gasteiger partial charge < -0.3 is 19.1 Å². The van der Waals surface area contributed by atoms with Gasteiger partial charge in [-0.05, 0) is 121 Å². The van der Waals surface area contributed by atoms with Crippen LogP contribution in [-0.4, -0.2) is 9.55 Å². The summed E-state index contributed by atoms with van der Waals surface area (Å²) in [6.45, 7) is 24.6. The van der Waals surface area contributed by atoms with Crippen molar-refractivity contribution < 1.29 is 45.0 Å². The van der Waals surface area contributed by atoms with Gasteiger partial charge in [0.05, 0.1) is 12.3 Å². The molecule has 414 valence electrons. The van der Waals surface area contributed by atoms with Crippen LogP contribution in [0.2, 0.25) is 0 Å². The second-order valence-corrected chi connectivity index (χ2v) is 25.1. The fourth-order valence-electron chi connectivity index (χ4n) is 11.4. The van der Waals surface area contributed by atoms with Gasteiger partial charge in [0.25, 0.3) is 0 Å². The Hall–Kier alpha value is -7.20. The number of nitrogens with zero attached hydrogens (tertiary/aromatic N) is 4. The van der Waals surface area contributed by atoms with E-state index in [4.69, 9.17) is 20.7 Å². The van der Waals surface area contributed by atoms with E-state index in [0.29, 0.717) is 50.4 Å². The Kier molecular flexibility index (Phi) is 10.6. The van der Waals surface area contributed by atoms with Crippen molar-refractivity contribution in [2.75, 3.05) is 9.80 Å². The molecule has 12 rings (SSSR count). The Balaban J connectivity index is 0.00000919. The number of fused-ring (bicyclic) bond motifs is 5. The molecule has 3 heterocycles. The molecule has 0 spiro atoms. The van der Waals surface area contributed by atoms with Gasteiger partial charge in [0.2, 0.25) is 0 Å². The van der Waals surface area contributed by atoms with E-state index in [-0.39, 0.29) is 112 Å². The maximum Gasteiger partial charge on any atom is 0.135 e. The molecule has 0 saturated carbocycles. The average molecular weight is 1260 g/mol. The summed E-state index contributed by atoms with van der Waals surface area (Å²) in [4.78, 5) is 8.78. The van der Waals surface area contributed by atoms with Crippen molar-refractivity contribution in [3.05, 3.63) is 222 Å². The van der Waals surface area contributed by atoms with Crippen molar-refractivity contribution in [3.63, 3.8) is 0 Å². The number of aryl methyl sites for hydroxylation is 1. The average Bonchev–Trinajstić information content (AvgIpc) is 1.63. The molecule has 0 amide bonds. The smallest absolute Gasteiger partial charge is 0.135 e. The number of pyridine rings is 1. The zero-order valence-electron chi connectivity index (χ0n) is 62.1. The van der Waals surface area contributed by atoms with Crippen molar-refractivity contribution in [3.8, 4) is 50.7 Å². The number of hydrogen-bond donors (Lipinski definition) is 0. The van der Waals surface area contributed by atoms with E-state index < -0.39 is 49.4 Å². The molecule has 8 aromatic carbocycles. The second kappa shape index (κ2) is 21.0. The van der Waals surface area contributed by atoms with Gasteiger partial charge in [-0.25, -0.2) is 4.98 Å². The summed E-state index contributed by atoms with van der Waals surface area (Å²) in [6, 6.07) is 36.6. The molecular weight excluding hydrogens is 1170 g/mol. The molecule has 0 N–H and O–H groups in total. The third kappa shape index (κ3) is 10.3. The van der Waals surface area contributed by atoms with E-state index in [2.05, 4.69) is 112 Å². The fraction of sp³-hybridized carbons (Fsp3) is 0.280. The van der Waals surface area contributed by atoms with Crippen molar-refractivity contribution >= 4 is 44.6 Å². The van der Waals surface area contributed by atoms with Gasteiger partial charge in [0, 0.05) is 84.9 Å². The topological polar surface area (TPSA) is 33.5 Å². The predicted molar refractivity (Wildman–Crippen MR) is 336 cm³/mol. The van der Waals surface area contributed by atoms with E-state index in [1.807, 2.05) is 66.1 Å². The van der Waals surface area contributed by atoms with Gasteiger partial charge in [-0.3, -0.25) is 0 Å². The molecule has 0 unspecified atom stereocenters. The molecule has 10 aromatic rings. The number of hydrogen-bond acceptors (Lipinski definition) is 4. The number of aromatic nitrogens is 2. The maximum atomic E-state index is 9.70. The molecule has 0 atom stereocenters. The molecule has 1 aliphatic carbocycles. The molecule has 81 heavy (non-hydrogen) atoms. The van der Waals surface area contributed by atoms with Crippen molar-refractivity contribution in [1.29, 1.82) is 0 Å². The predicted octanol–water partition coefficient (Wildman–Crippen LogP) is 20.4. The molecule has 0 bridgehead atoms. The van der Waals surface area contributed by atoms with Gasteiger partial charge >= 0.3 is 0 Å². The summed E-state index contributed by atoms with van der Waals surface area (Å²) in [7, 11) is 0. The quantitative estimate of drug-likeness (QED) is 0.128. The van der Waals surface area contributed by atoms with Crippen LogP contribution in [0.15, 0.2) is 170 Å². The Morgan fingerprint density at radius 1 is 0.667 bits per heavy atom. The zero-order chi connectivity index (χ0) is 68.2. The van der Waals surface area contributed by atoms with Gasteiger partial charge in [0.15, 0.2) is 0 Å². The fourth-order valence-corrected chi connectivity index (χ4v) is 11.4. The minimum atomic E-state index is -2.75. The molecule has 0 radical (unpaired) electrons. The van der Waals surface area contributed by atoms with Gasteiger partial charge in [-0.15, -0.1) is 47.6 Å². The van der Waals surface area contributed by atoms with Crippen LogP contribution in [0.5, 0.6) is 11.5 Å². The minimum absolute atomic E-state index is 0. The first kappa shape index (κ1) is 40.9. The summed E-state index contributed by atoms with van der Waals surface area (Å²) < 4.78 is 135. The van der Waals surface area contributed by atoms with Crippen LogP contribution in [0.25, 0.3) is 61.0 Å². The Labute approximate surface area is 516 Å². The van der Waals surface area contributed by atoms with E-state index in [0.717, 1.165) is 35.1 Å². The molecular formula is C75H75N4OPt-3. The van der Waals surface area contributed by atoms with E-state index in [1.165, 1.54) is 17.2 Å². The molecule has 0 fully saturated rings. The summed E-state index contributed by atoms with van der Waals surface area (Å²) in [5.41, 5.74) is 9.63. The second-order valence-electron chi connectivity index (χ2n) is 25.1. The number of ether oxygens (including phenoxy) is 1. The maximum absolute atomic E-state index is 9.70. The molecule has 2 aliphatic rings. The van der Waals surface area contributed by atoms with Crippen LogP contribution in [0, 0.1) is 31.6 Å². The molecule has 0 saturated heterocycles. The monoisotopic (exact) mass is 1260 g/mol. The SMILES string of the molecule is [2H]c1c([2H])c([2H])c(-c2cccc(-c3cc(C(C)(C)C)cc(C(C)(C)C)c3)c2N2[CH-]N(c3[c-]c(Oc4[c-]c5c(cc4)c4c([2H])c([2H])c([2H])c([2H])c4n5-c4cc(C([2H])([2H])C(C)C)c(-c5ccc6c(c5)C(C)(C)CCC6(C)C)cn4)c(C([2H])([2H])[2H])cc3)c3ccccc32)c([2H])c1[2H].[Pt]. The standard InChI is InChI=1S/C75H75N4O.Pt/c1-48(2)38-52-42-70(76-46-62(52)51-31-35-63-64(41-51)75(12,13)37-36-74(63,10)11)79-65-27-18-17-24-60(65)61-34-33-57(45-68(61)79)80-69-44-56(32-30-49(69)3)77-47-78(67-29-20-19-28-66(67)77)71-58(50-22-15-14-16-23-50)25-21-26-59(71)53-39-54(72(4,5)6)43-55(40-53)73(7,8)9;/h14-35,39-43,46-48H,36-38H2,1-13H3;/q-3;/i3D3,14D,15D,16D,17D,18D,22D,23D,24D,27D,38D2;. The van der Waals surface area contributed by atoms with E-state index in [9.17, 15) is 8.22 Å². The first-order valence-corrected chi connectivity index (χ1v) is 27.6. The molecule has 6 heteroatoms. The first-order chi connectivity index (χ1) is 43.8. The van der Waals surface area contributed by atoms with Crippen molar-refractivity contribution in [2.45, 2.75) is 131 Å². The van der Waals surface area contributed by atoms with Gasteiger partial charge in [0.1, 0.15) is 5.82 Å². The van der Waals surface area contributed by atoms with Crippen LogP contribution in [0.3, 0.4) is 0 Å². The largest absolute Gasteiger partial charge is 0.509 e. The zero-order valence-corrected chi connectivity index (χ0v) is 50.3. The minimum Gasteiger partial charge on any atom is -0.509 e. The Morgan fingerprint density at radius 3 is 2.02 bits per heavy atom. The van der Waals surface area contributed by atoms with Gasteiger partial charge in [-0.2, -0.15) is 12.1 Å². The summed E-state index contributed by atoms with van der Waals surface area (Å²) >= 11 is 0. The number of benzene rings is 8. The van der Waals surface area contributed by atoms with Crippen LogP contribution >= 0.6 is 0 Å². The molecule has 2 aromatic heterocycles. The van der Waals surface area contributed by atoms with E-state index >= 15 is 0 Å². The third-order valence-corrected chi connectivity index (χ3v) is 16.0. The van der Waals surface area contributed by atoms with Crippen LogP contribution in [-0.2, 0) is 49.1 Å². The Morgan fingerprint density at radius 2 is 1.33 bits per heavy atom. The first-order valence-electron chi connectivity index (χ1n) is 34.6. The number of para-hydroxylation sites is 4. The van der Waals surface area contributed by atoms with E-state index in [1.54, 1.807) is 47.8 Å². The summed E-state index contributed by atoms with van der Waals surface area (Å²) in [5, 5.41) is 0.522.